The highest BCUT2D eigenvalue weighted by Gasteiger charge is 2.34. The van der Waals surface area contributed by atoms with E-state index in [2.05, 4.69) is 33.9 Å². The van der Waals surface area contributed by atoms with Gasteiger partial charge in [-0.05, 0) is 65.4 Å². The fourth-order valence-electron chi connectivity index (χ4n) is 2.67. The first-order chi connectivity index (χ1) is 13.5. The highest BCUT2D eigenvalue weighted by atomic mass is 127. The number of amides is 2. The lowest BCUT2D eigenvalue weighted by atomic mass is 10.1. The van der Waals surface area contributed by atoms with Gasteiger partial charge in [0.2, 0.25) is 0 Å². The third kappa shape index (κ3) is 4.12. The molecule has 0 atom stereocenters. The number of halogens is 1. The van der Waals surface area contributed by atoms with Crippen LogP contribution in [0.2, 0.25) is 0 Å². The average molecular weight is 488 g/mol. The fourth-order valence-corrected chi connectivity index (χ4v) is 3.45. The molecule has 1 fully saturated rings. The predicted molar refractivity (Wildman–Crippen MR) is 115 cm³/mol. The summed E-state index contributed by atoms with van der Waals surface area (Å²) in [4.78, 5) is 25.1. The Morgan fingerprint density at radius 3 is 2.64 bits per heavy atom. The summed E-state index contributed by atoms with van der Waals surface area (Å²) in [6, 6.07) is 12.4. The normalized spacial score (nSPS) is 14.8. The van der Waals surface area contributed by atoms with Gasteiger partial charge in [-0.15, -0.1) is 6.42 Å². The van der Waals surface area contributed by atoms with Gasteiger partial charge in [-0.3, -0.25) is 15.0 Å². The van der Waals surface area contributed by atoms with E-state index in [4.69, 9.17) is 15.9 Å². The van der Waals surface area contributed by atoms with Crippen LogP contribution in [0, 0.1) is 15.9 Å². The summed E-state index contributed by atoms with van der Waals surface area (Å²) in [7, 11) is 0. The lowest BCUT2D eigenvalue weighted by molar-refractivity contribution is -0.117. The smallest absolute Gasteiger partial charge is 0.282 e. The molecule has 1 heterocycles. The Labute approximate surface area is 176 Å². The molecule has 0 spiro atoms. The lowest BCUT2D eigenvalue weighted by Gasteiger charge is -2.14. The van der Waals surface area contributed by atoms with Crippen molar-refractivity contribution in [3.8, 4) is 23.8 Å². The topological polar surface area (TPSA) is 67.9 Å². The Balaban J connectivity index is 1.95. The van der Waals surface area contributed by atoms with E-state index in [1.165, 1.54) is 11.1 Å². The molecule has 1 saturated heterocycles. The monoisotopic (exact) mass is 488 g/mol. The first-order valence-electron chi connectivity index (χ1n) is 8.50. The van der Waals surface area contributed by atoms with Gasteiger partial charge in [0.15, 0.2) is 11.5 Å². The van der Waals surface area contributed by atoms with Gasteiger partial charge in [-0.2, -0.15) is 0 Å². The molecule has 28 heavy (non-hydrogen) atoms. The summed E-state index contributed by atoms with van der Waals surface area (Å²) in [5.74, 6) is 2.58. The van der Waals surface area contributed by atoms with Crippen LogP contribution in [0.15, 0.2) is 48.0 Å². The number of para-hydroxylation sites is 1. The molecule has 0 radical (unpaired) electrons. The van der Waals surface area contributed by atoms with Crippen LogP contribution in [0.25, 0.3) is 6.08 Å². The number of hydrazine groups is 1. The summed E-state index contributed by atoms with van der Waals surface area (Å²) < 4.78 is 12.0. The van der Waals surface area contributed by atoms with Crippen LogP contribution in [-0.2, 0) is 9.59 Å². The van der Waals surface area contributed by atoms with Gasteiger partial charge < -0.3 is 9.47 Å². The number of nitrogens with one attached hydrogen (secondary N) is 1. The van der Waals surface area contributed by atoms with E-state index in [0.717, 1.165) is 3.57 Å². The Morgan fingerprint density at radius 1 is 1.21 bits per heavy atom. The molecule has 1 N–H and O–H groups in total. The molecule has 2 aromatic carbocycles. The second kappa shape index (κ2) is 8.80. The maximum Gasteiger partial charge on any atom is 0.282 e. The molecule has 1 aliphatic heterocycles. The molecule has 142 valence electrons. The van der Waals surface area contributed by atoms with Crippen molar-refractivity contribution in [3.63, 3.8) is 0 Å². The second-order valence-electron chi connectivity index (χ2n) is 5.73. The van der Waals surface area contributed by atoms with Crippen molar-refractivity contribution in [2.24, 2.45) is 0 Å². The average Bonchev–Trinajstić information content (AvgIpc) is 2.96. The van der Waals surface area contributed by atoms with Crippen LogP contribution >= 0.6 is 22.6 Å². The molecular weight excluding hydrogens is 471 g/mol. The van der Waals surface area contributed by atoms with E-state index in [9.17, 15) is 9.59 Å². The zero-order valence-corrected chi connectivity index (χ0v) is 17.2. The van der Waals surface area contributed by atoms with Crippen molar-refractivity contribution in [1.29, 1.82) is 0 Å². The molecule has 3 rings (SSSR count). The SMILES string of the molecule is C#CCOc1c(I)cc(/C=C2/C(=O)NN(c3ccccc3)C2=O)cc1OCC. The lowest BCUT2D eigenvalue weighted by Crippen LogP contribution is -2.35. The number of hydrogen-bond acceptors (Lipinski definition) is 4. The third-order valence-electron chi connectivity index (χ3n) is 3.85. The molecule has 0 unspecified atom stereocenters. The molecule has 7 heteroatoms. The molecule has 6 nitrogen and oxygen atoms in total. The minimum absolute atomic E-state index is 0.0411. The second-order valence-corrected chi connectivity index (χ2v) is 6.89. The third-order valence-corrected chi connectivity index (χ3v) is 4.65. The first kappa shape index (κ1) is 19.8. The number of ether oxygens (including phenoxy) is 2. The van der Waals surface area contributed by atoms with Crippen molar-refractivity contribution >= 4 is 46.2 Å². The summed E-state index contributed by atoms with van der Waals surface area (Å²) in [6.45, 7) is 2.40. The van der Waals surface area contributed by atoms with Gasteiger partial charge in [0.05, 0.1) is 15.9 Å². The Morgan fingerprint density at radius 2 is 1.96 bits per heavy atom. The molecular formula is C21H17IN2O4. The predicted octanol–water partition coefficient (Wildman–Crippen LogP) is 3.16. The number of nitrogens with zero attached hydrogens (tertiary/aromatic N) is 1. The first-order valence-corrected chi connectivity index (χ1v) is 9.57. The molecule has 0 aliphatic carbocycles. The molecule has 0 bridgehead atoms. The molecule has 2 amide bonds. The molecule has 2 aromatic rings. The number of terminal acetylenes is 1. The van der Waals surface area contributed by atoms with Crippen molar-refractivity contribution in [2.75, 3.05) is 18.2 Å². The van der Waals surface area contributed by atoms with E-state index in [-0.39, 0.29) is 12.2 Å². The van der Waals surface area contributed by atoms with Crippen LogP contribution in [0.1, 0.15) is 12.5 Å². The van der Waals surface area contributed by atoms with Crippen LogP contribution in [0.3, 0.4) is 0 Å². The minimum Gasteiger partial charge on any atom is -0.490 e. The summed E-state index contributed by atoms with van der Waals surface area (Å²) in [5.41, 5.74) is 3.86. The van der Waals surface area contributed by atoms with E-state index < -0.39 is 11.8 Å². The number of carbonyl (C=O) groups excluding carboxylic acids is 2. The van der Waals surface area contributed by atoms with Gasteiger partial charge in [-0.25, -0.2) is 5.01 Å². The zero-order chi connectivity index (χ0) is 20.1. The minimum atomic E-state index is -0.463. The number of rotatable bonds is 6. The van der Waals surface area contributed by atoms with Crippen LogP contribution in [0.5, 0.6) is 11.5 Å². The molecule has 0 saturated carbocycles. The van der Waals surface area contributed by atoms with Crippen molar-refractivity contribution in [3.05, 3.63) is 57.2 Å². The van der Waals surface area contributed by atoms with Crippen LogP contribution in [-0.4, -0.2) is 25.0 Å². The molecule has 1 aliphatic rings. The van der Waals surface area contributed by atoms with Gasteiger partial charge in [-0.1, -0.05) is 24.1 Å². The van der Waals surface area contributed by atoms with Gasteiger partial charge in [0, 0.05) is 0 Å². The molecule has 0 aromatic heterocycles. The zero-order valence-electron chi connectivity index (χ0n) is 15.1. The number of benzene rings is 2. The van der Waals surface area contributed by atoms with Gasteiger partial charge in [0.25, 0.3) is 11.8 Å². The van der Waals surface area contributed by atoms with E-state index >= 15 is 0 Å². The van der Waals surface area contributed by atoms with Crippen LogP contribution in [0.4, 0.5) is 5.69 Å². The fraction of sp³-hybridized carbons (Fsp3) is 0.143. The van der Waals surface area contributed by atoms with Crippen molar-refractivity contribution in [1.82, 2.24) is 5.43 Å². The maximum absolute atomic E-state index is 12.7. The summed E-state index contributed by atoms with van der Waals surface area (Å²) in [5, 5.41) is 1.23. The van der Waals surface area contributed by atoms with Gasteiger partial charge in [0.1, 0.15) is 12.2 Å². The van der Waals surface area contributed by atoms with Crippen molar-refractivity contribution < 1.29 is 19.1 Å². The number of anilines is 1. The van der Waals surface area contributed by atoms with E-state index in [1.54, 1.807) is 36.4 Å². The summed E-state index contributed by atoms with van der Waals surface area (Å²) >= 11 is 2.10. The highest BCUT2D eigenvalue weighted by molar-refractivity contribution is 14.1. The Bertz CT molecular complexity index is 980. The largest absolute Gasteiger partial charge is 0.490 e. The van der Waals surface area contributed by atoms with E-state index in [1.807, 2.05) is 13.0 Å². The van der Waals surface area contributed by atoms with E-state index in [0.29, 0.717) is 29.4 Å². The number of hydrogen-bond donors (Lipinski definition) is 1. The Kier molecular flexibility index (Phi) is 6.21. The maximum atomic E-state index is 12.7. The van der Waals surface area contributed by atoms with Crippen molar-refractivity contribution in [2.45, 2.75) is 6.92 Å². The van der Waals surface area contributed by atoms with Gasteiger partial charge >= 0.3 is 0 Å². The quantitative estimate of drug-likeness (QED) is 0.294. The summed E-state index contributed by atoms with van der Waals surface area (Å²) in [6.07, 6.45) is 6.80. The highest BCUT2D eigenvalue weighted by Crippen LogP contribution is 2.35. The standard InChI is InChI=1S/C21H17IN2O4/c1-3-10-28-19-17(22)12-14(13-18(19)27-4-2)11-16-20(25)23-24(21(16)26)15-8-6-5-7-9-15/h1,5-9,11-13H,4,10H2,2H3,(H,23,25)/b16-11-. The van der Waals surface area contributed by atoms with Crippen LogP contribution < -0.4 is 19.9 Å². The number of carbonyl (C=O) groups is 2. The Hall–Kier alpha value is -2.99.